The van der Waals surface area contributed by atoms with Crippen LogP contribution in [0.3, 0.4) is 0 Å². The number of fused-ring (bicyclic) bond motifs is 3. The van der Waals surface area contributed by atoms with E-state index in [1.807, 2.05) is 0 Å². The Bertz CT molecular complexity index is 635. The normalized spacial score (nSPS) is 26.0. The predicted molar refractivity (Wildman–Crippen MR) is 100.0 cm³/mol. The third kappa shape index (κ3) is 2.74. The zero-order valence-electron chi connectivity index (χ0n) is 15.3. The Morgan fingerprint density at radius 2 is 1.83 bits per heavy atom. The second-order valence-corrected chi connectivity index (χ2v) is 7.70. The first-order chi connectivity index (χ1) is 11.0. The maximum atomic E-state index is 2.62. The molecule has 0 radical (unpaired) electrons. The topological polar surface area (TPSA) is 6.48 Å². The zero-order chi connectivity index (χ0) is 16.6. The van der Waals surface area contributed by atoms with Crippen molar-refractivity contribution in [1.29, 1.82) is 0 Å². The molecule has 1 aromatic carbocycles. The smallest absolute Gasteiger partial charge is 0.0923 e. The van der Waals surface area contributed by atoms with Crippen LogP contribution in [-0.2, 0) is 5.41 Å². The van der Waals surface area contributed by atoms with E-state index in [0.29, 0.717) is 6.17 Å². The average molecular weight is 310 g/mol. The van der Waals surface area contributed by atoms with Crippen molar-refractivity contribution in [2.45, 2.75) is 52.1 Å². The van der Waals surface area contributed by atoms with Crippen molar-refractivity contribution in [2.24, 2.45) is 0 Å². The first-order valence-corrected chi connectivity index (χ1v) is 8.79. The molecular weight excluding hydrogens is 280 g/mol. The first-order valence-electron chi connectivity index (χ1n) is 8.79. The van der Waals surface area contributed by atoms with Crippen molar-refractivity contribution in [1.82, 2.24) is 4.90 Å². The molecule has 0 bridgehead atoms. The van der Waals surface area contributed by atoms with E-state index in [0.717, 1.165) is 13.0 Å². The number of benzene rings is 1. The van der Waals surface area contributed by atoms with Crippen molar-refractivity contribution >= 4 is 5.69 Å². The van der Waals surface area contributed by atoms with E-state index in [9.17, 15) is 0 Å². The fourth-order valence-corrected chi connectivity index (χ4v) is 4.32. The standard InChI is InChI=1S/C21H30N2/c1-16(2)10-12-21-13-15-22(5)20(21)23(14-11-17(3)4)19-9-7-6-8-18(19)21/h6-11,20H,12-15H2,1-5H3/t20-,21-/m1/s1. The molecule has 1 saturated heterocycles. The summed E-state index contributed by atoms with van der Waals surface area (Å²) in [4.78, 5) is 5.17. The average Bonchev–Trinajstić information content (AvgIpc) is 2.98. The Morgan fingerprint density at radius 3 is 2.52 bits per heavy atom. The Balaban J connectivity index is 2.07. The number of allylic oxidation sites excluding steroid dienone is 3. The molecule has 23 heavy (non-hydrogen) atoms. The lowest BCUT2D eigenvalue weighted by Crippen LogP contribution is -2.48. The molecule has 0 N–H and O–H groups in total. The summed E-state index contributed by atoms with van der Waals surface area (Å²) >= 11 is 0. The summed E-state index contributed by atoms with van der Waals surface area (Å²) in [6, 6.07) is 9.07. The van der Waals surface area contributed by atoms with Crippen LogP contribution in [0.2, 0.25) is 0 Å². The van der Waals surface area contributed by atoms with Gasteiger partial charge in [0, 0.05) is 24.2 Å². The highest BCUT2D eigenvalue weighted by Gasteiger charge is 2.55. The molecule has 3 rings (SSSR count). The molecule has 1 fully saturated rings. The zero-order valence-corrected chi connectivity index (χ0v) is 15.3. The summed E-state index contributed by atoms with van der Waals surface area (Å²) in [5.74, 6) is 0. The minimum atomic E-state index is 0.248. The summed E-state index contributed by atoms with van der Waals surface area (Å²) in [6.07, 6.45) is 7.67. The molecule has 2 heterocycles. The van der Waals surface area contributed by atoms with Crippen molar-refractivity contribution in [3.63, 3.8) is 0 Å². The highest BCUT2D eigenvalue weighted by atomic mass is 15.4. The van der Waals surface area contributed by atoms with Gasteiger partial charge in [0.15, 0.2) is 0 Å². The second kappa shape index (κ2) is 6.16. The molecule has 124 valence electrons. The fraction of sp³-hybridized carbons (Fsp3) is 0.524. The predicted octanol–water partition coefficient (Wildman–Crippen LogP) is 4.73. The van der Waals surface area contributed by atoms with Gasteiger partial charge in [0.05, 0.1) is 6.17 Å². The van der Waals surface area contributed by atoms with Gasteiger partial charge >= 0.3 is 0 Å². The number of anilines is 1. The molecule has 2 aliphatic rings. The summed E-state index contributed by atoms with van der Waals surface area (Å²) in [6.45, 7) is 11.0. The Labute approximate surface area is 141 Å². The van der Waals surface area contributed by atoms with Crippen LogP contribution in [0, 0.1) is 0 Å². The second-order valence-electron chi connectivity index (χ2n) is 7.70. The molecule has 1 aromatic rings. The molecule has 0 aromatic heterocycles. The Morgan fingerprint density at radius 1 is 1.13 bits per heavy atom. The maximum absolute atomic E-state index is 2.62. The van der Waals surface area contributed by atoms with Crippen LogP contribution < -0.4 is 4.90 Å². The van der Waals surface area contributed by atoms with Gasteiger partial charge in [0.2, 0.25) is 0 Å². The molecule has 2 heteroatoms. The molecule has 0 unspecified atom stereocenters. The SMILES string of the molecule is CC(C)=CCN1c2ccccc2[C@@]2(CC=C(C)C)CCN(C)[C@H]12. The Kier molecular flexibility index (Phi) is 4.37. The van der Waals surface area contributed by atoms with Gasteiger partial charge in [-0.05, 0) is 59.2 Å². The Hall–Kier alpha value is -1.54. The van der Waals surface area contributed by atoms with Gasteiger partial charge in [0.25, 0.3) is 0 Å². The molecule has 2 aliphatic heterocycles. The molecule has 2 atom stereocenters. The number of likely N-dealkylation sites (N-methyl/N-ethyl adjacent to an activating group) is 1. The fourth-order valence-electron chi connectivity index (χ4n) is 4.32. The van der Waals surface area contributed by atoms with Crippen molar-refractivity contribution in [3.8, 4) is 0 Å². The van der Waals surface area contributed by atoms with Crippen molar-refractivity contribution in [2.75, 3.05) is 25.0 Å². The number of para-hydroxylation sites is 1. The van der Waals surface area contributed by atoms with E-state index in [2.05, 4.69) is 81.0 Å². The van der Waals surface area contributed by atoms with Crippen LogP contribution in [0.5, 0.6) is 0 Å². The van der Waals surface area contributed by atoms with Crippen LogP contribution in [-0.4, -0.2) is 31.2 Å². The minimum Gasteiger partial charge on any atom is -0.351 e. The lowest BCUT2D eigenvalue weighted by molar-refractivity contribution is 0.254. The van der Waals surface area contributed by atoms with Gasteiger partial charge in [-0.1, -0.05) is 41.5 Å². The lowest BCUT2D eigenvalue weighted by atomic mass is 9.76. The molecule has 0 aliphatic carbocycles. The monoisotopic (exact) mass is 310 g/mol. The van der Waals surface area contributed by atoms with Crippen LogP contribution in [0.15, 0.2) is 47.6 Å². The molecule has 0 amide bonds. The molecule has 2 nitrogen and oxygen atoms in total. The van der Waals surface area contributed by atoms with Crippen molar-refractivity contribution < 1.29 is 0 Å². The molecule has 0 saturated carbocycles. The largest absolute Gasteiger partial charge is 0.351 e. The van der Waals surface area contributed by atoms with Gasteiger partial charge in [-0.3, -0.25) is 4.90 Å². The minimum absolute atomic E-state index is 0.248. The van der Waals surface area contributed by atoms with Gasteiger partial charge in [-0.2, -0.15) is 0 Å². The van der Waals surface area contributed by atoms with Crippen LogP contribution >= 0.6 is 0 Å². The number of hydrogen-bond acceptors (Lipinski definition) is 2. The van der Waals surface area contributed by atoms with Crippen LogP contribution in [0.25, 0.3) is 0 Å². The van der Waals surface area contributed by atoms with Crippen LogP contribution in [0.4, 0.5) is 5.69 Å². The summed E-state index contributed by atoms with van der Waals surface area (Å²) in [5, 5.41) is 0. The van der Waals surface area contributed by atoms with Gasteiger partial charge in [-0.25, -0.2) is 0 Å². The van der Waals surface area contributed by atoms with E-state index in [4.69, 9.17) is 0 Å². The molecular formula is C21H30N2. The molecule has 0 spiro atoms. The van der Waals surface area contributed by atoms with Gasteiger partial charge < -0.3 is 4.90 Å². The van der Waals surface area contributed by atoms with E-state index >= 15 is 0 Å². The van der Waals surface area contributed by atoms with Crippen molar-refractivity contribution in [3.05, 3.63) is 53.1 Å². The van der Waals surface area contributed by atoms with Gasteiger partial charge in [-0.15, -0.1) is 0 Å². The summed E-state index contributed by atoms with van der Waals surface area (Å²) < 4.78 is 0. The number of nitrogens with zero attached hydrogens (tertiary/aromatic N) is 2. The van der Waals surface area contributed by atoms with E-state index in [1.165, 1.54) is 29.8 Å². The summed E-state index contributed by atoms with van der Waals surface area (Å²) in [7, 11) is 2.29. The third-order valence-electron chi connectivity index (χ3n) is 5.44. The summed E-state index contributed by atoms with van der Waals surface area (Å²) in [5.41, 5.74) is 6.05. The van der Waals surface area contributed by atoms with Crippen LogP contribution in [0.1, 0.15) is 46.1 Å². The quantitative estimate of drug-likeness (QED) is 0.742. The van der Waals surface area contributed by atoms with E-state index in [1.54, 1.807) is 5.56 Å². The first kappa shape index (κ1) is 16.3. The third-order valence-corrected chi connectivity index (χ3v) is 5.44. The lowest BCUT2D eigenvalue weighted by Gasteiger charge is -2.36. The van der Waals surface area contributed by atoms with E-state index < -0.39 is 0 Å². The highest BCUT2D eigenvalue weighted by molar-refractivity contribution is 5.65. The van der Waals surface area contributed by atoms with Gasteiger partial charge in [0.1, 0.15) is 0 Å². The number of hydrogen-bond donors (Lipinski definition) is 0. The van der Waals surface area contributed by atoms with E-state index in [-0.39, 0.29) is 5.41 Å². The highest BCUT2D eigenvalue weighted by Crippen LogP contribution is 2.53. The maximum Gasteiger partial charge on any atom is 0.0923 e. The number of rotatable bonds is 4. The number of likely N-dealkylation sites (tertiary alicyclic amines) is 1.